The molecule has 0 bridgehead atoms. The Hall–Kier alpha value is -1.95. The van der Waals surface area contributed by atoms with E-state index in [1.165, 1.54) is 6.08 Å². The van der Waals surface area contributed by atoms with Gasteiger partial charge in [-0.3, -0.25) is 9.00 Å². The number of rotatable bonds is 6. The molecule has 0 aliphatic rings. The first-order valence-corrected chi connectivity index (χ1v) is 7.63. The summed E-state index contributed by atoms with van der Waals surface area (Å²) in [5, 5.41) is 11.1. The van der Waals surface area contributed by atoms with Crippen LogP contribution in [0.5, 0.6) is 0 Å². The van der Waals surface area contributed by atoms with E-state index in [-0.39, 0.29) is 11.2 Å². The first kappa shape index (κ1) is 16.1. The second-order valence-electron chi connectivity index (χ2n) is 4.31. The molecule has 0 heterocycles. The zero-order valence-corrected chi connectivity index (χ0v) is 12.1. The summed E-state index contributed by atoms with van der Waals surface area (Å²) in [5.41, 5.74) is 1.18. The van der Waals surface area contributed by atoms with Crippen LogP contribution in [0.25, 0.3) is 6.08 Å². The van der Waals surface area contributed by atoms with E-state index in [9.17, 15) is 13.8 Å². The molecule has 0 aromatic heterocycles. The Bertz CT molecular complexity index is 537. The minimum atomic E-state index is -1.02. The van der Waals surface area contributed by atoms with Crippen molar-refractivity contribution >= 4 is 28.8 Å². The largest absolute Gasteiger partial charge is 0.478 e. The number of carbonyl (C=O) groups is 2. The molecule has 0 radical (unpaired) electrons. The van der Waals surface area contributed by atoms with E-state index in [4.69, 9.17) is 5.11 Å². The van der Waals surface area contributed by atoms with Gasteiger partial charge >= 0.3 is 5.97 Å². The normalized spacial score (nSPS) is 13.9. The Kier molecular flexibility index (Phi) is 6.11. The number of carbonyl (C=O) groups excluding carboxylic acids is 1. The van der Waals surface area contributed by atoms with Crippen molar-refractivity contribution in [3.63, 3.8) is 0 Å². The van der Waals surface area contributed by atoms with Gasteiger partial charge in [0.2, 0.25) is 0 Å². The van der Waals surface area contributed by atoms with Gasteiger partial charge in [0.25, 0.3) is 5.91 Å². The van der Waals surface area contributed by atoms with E-state index >= 15 is 0 Å². The molecule has 0 saturated carbocycles. The average molecular weight is 295 g/mol. The van der Waals surface area contributed by atoms with Crippen LogP contribution in [0.4, 0.5) is 0 Å². The third-order valence-corrected chi connectivity index (χ3v) is 4.01. The first-order chi connectivity index (χ1) is 9.40. The molecule has 108 valence electrons. The van der Waals surface area contributed by atoms with Gasteiger partial charge in [-0.05, 0) is 30.7 Å². The SMILES string of the molecule is CC(CNC(=O)c1ccc(/C=C/C(=O)O)cc1)S(C)=O. The van der Waals surface area contributed by atoms with Crippen molar-refractivity contribution in [3.8, 4) is 0 Å². The second kappa shape index (κ2) is 7.59. The number of aliphatic carboxylic acids is 1. The monoisotopic (exact) mass is 295 g/mol. The average Bonchev–Trinajstić information content (AvgIpc) is 2.42. The van der Waals surface area contributed by atoms with Crippen molar-refractivity contribution in [2.24, 2.45) is 0 Å². The first-order valence-electron chi connectivity index (χ1n) is 6.01. The van der Waals surface area contributed by atoms with Crippen LogP contribution in [0.2, 0.25) is 0 Å². The summed E-state index contributed by atoms with van der Waals surface area (Å²) in [6, 6.07) is 6.56. The maximum Gasteiger partial charge on any atom is 0.328 e. The Balaban J connectivity index is 2.62. The number of amides is 1. The molecule has 1 aromatic carbocycles. The van der Waals surface area contributed by atoms with Crippen molar-refractivity contribution in [2.75, 3.05) is 12.8 Å². The van der Waals surface area contributed by atoms with Gasteiger partial charge in [-0.15, -0.1) is 0 Å². The molecule has 0 aliphatic heterocycles. The number of nitrogens with one attached hydrogen (secondary N) is 1. The van der Waals surface area contributed by atoms with Crippen molar-refractivity contribution in [1.82, 2.24) is 5.32 Å². The topological polar surface area (TPSA) is 83.5 Å². The third-order valence-electron chi connectivity index (χ3n) is 2.71. The lowest BCUT2D eigenvalue weighted by molar-refractivity contribution is -0.131. The van der Waals surface area contributed by atoms with E-state index in [0.717, 1.165) is 6.08 Å². The van der Waals surface area contributed by atoms with Crippen LogP contribution < -0.4 is 5.32 Å². The van der Waals surface area contributed by atoms with E-state index in [0.29, 0.717) is 17.7 Å². The third kappa shape index (κ3) is 5.36. The van der Waals surface area contributed by atoms with Crippen molar-refractivity contribution in [3.05, 3.63) is 41.5 Å². The quantitative estimate of drug-likeness (QED) is 0.774. The van der Waals surface area contributed by atoms with Crippen molar-refractivity contribution < 1.29 is 18.9 Å². The lowest BCUT2D eigenvalue weighted by atomic mass is 10.1. The van der Waals surface area contributed by atoms with Crippen LogP contribution >= 0.6 is 0 Å². The van der Waals surface area contributed by atoms with E-state index < -0.39 is 16.8 Å². The lowest BCUT2D eigenvalue weighted by Gasteiger charge is -2.10. The zero-order valence-electron chi connectivity index (χ0n) is 11.3. The van der Waals surface area contributed by atoms with Crippen LogP contribution in [0.3, 0.4) is 0 Å². The molecular weight excluding hydrogens is 278 g/mol. The molecule has 1 amide bonds. The van der Waals surface area contributed by atoms with Crippen LogP contribution in [0.1, 0.15) is 22.8 Å². The number of benzene rings is 1. The summed E-state index contributed by atoms with van der Waals surface area (Å²) in [4.78, 5) is 22.2. The van der Waals surface area contributed by atoms with Gasteiger partial charge in [0.1, 0.15) is 0 Å². The van der Waals surface area contributed by atoms with Gasteiger partial charge in [-0.1, -0.05) is 12.1 Å². The Morgan fingerprint density at radius 2 is 1.95 bits per heavy atom. The van der Waals surface area contributed by atoms with E-state index in [1.807, 2.05) is 0 Å². The summed E-state index contributed by atoms with van der Waals surface area (Å²) < 4.78 is 11.2. The molecule has 1 aromatic rings. The fraction of sp³-hybridized carbons (Fsp3) is 0.286. The Labute approximate surface area is 120 Å². The van der Waals surface area contributed by atoms with Gasteiger partial charge < -0.3 is 10.4 Å². The van der Waals surface area contributed by atoms with Gasteiger partial charge in [0.15, 0.2) is 0 Å². The second-order valence-corrected chi connectivity index (χ2v) is 6.11. The van der Waals surface area contributed by atoms with Crippen LogP contribution in [-0.4, -0.2) is 39.2 Å². The molecule has 0 spiro atoms. The molecule has 1 rings (SSSR count). The molecule has 0 fully saturated rings. The Morgan fingerprint density at radius 3 is 2.45 bits per heavy atom. The molecule has 2 N–H and O–H groups in total. The summed E-state index contributed by atoms with van der Waals surface area (Å²) >= 11 is 0. The molecule has 5 nitrogen and oxygen atoms in total. The minimum absolute atomic E-state index is 0.100. The smallest absolute Gasteiger partial charge is 0.328 e. The molecule has 20 heavy (non-hydrogen) atoms. The van der Waals surface area contributed by atoms with E-state index in [2.05, 4.69) is 5.32 Å². The fourth-order valence-corrected chi connectivity index (χ4v) is 1.69. The van der Waals surface area contributed by atoms with Gasteiger partial charge in [-0.25, -0.2) is 4.79 Å². The molecule has 2 atom stereocenters. The van der Waals surface area contributed by atoms with Crippen molar-refractivity contribution in [2.45, 2.75) is 12.2 Å². The summed E-state index contributed by atoms with van der Waals surface area (Å²) in [5.74, 6) is -1.26. The number of hydrogen-bond acceptors (Lipinski definition) is 3. The van der Waals surface area contributed by atoms with Gasteiger partial charge in [0.05, 0.1) is 0 Å². The zero-order chi connectivity index (χ0) is 15.1. The van der Waals surface area contributed by atoms with E-state index in [1.54, 1.807) is 37.4 Å². The highest BCUT2D eigenvalue weighted by atomic mass is 32.2. The standard InChI is InChI=1S/C14H17NO4S/c1-10(20(2)19)9-15-14(18)12-6-3-11(4-7-12)5-8-13(16)17/h3-8,10H,9H2,1-2H3,(H,15,18)(H,16,17)/b8-5+. The van der Waals surface area contributed by atoms with Gasteiger partial charge in [0, 0.05) is 40.5 Å². The predicted octanol–water partition coefficient (Wildman–Crippen LogP) is 1.28. The lowest BCUT2D eigenvalue weighted by Crippen LogP contribution is -2.32. The fourth-order valence-electron chi connectivity index (χ4n) is 1.37. The molecular formula is C14H17NO4S. The van der Waals surface area contributed by atoms with Crippen LogP contribution in [0.15, 0.2) is 30.3 Å². The molecule has 2 unspecified atom stereocenters. The summed E-state index contributed by atoms with van der Waals surface area (Å²) in [6.45, 7) is 2.15. The number of hydrogen-bond donors (Lipinski definition) is 2. The van der Waals surface area contributed by atoms with Crippen LogP contribution in [0, 0.1) is 0 Å². The maximum atomic E-state index is 11.8. The summed E-state index contributed by atoms with van der Waals surface area (Å²) in [6.07, 6.45) is 4.08. The molecule has 6 heteroatoms. The highest BCUT2D eigenvalue weighted by Crippen LogP contribution is 2.06. The highest BCUT2D eigenvalue weighted by molar-refractivity contribution is 7.84. The van der Waals surface area contributed by atoms with Gasteiger partial charge in [-0.2, -0.15) is 0 Å². The predicted molar refractivity (Wildman–Crippen MR) is 79.0 cm³/mol. The maximum absolute atomic E-state index is 11.8. The van der Waals surface area contributed by atoms with Crippen molar-refractivity contribution in [1.29, 1.82) is 0 Å². The number of carboxylic acids is 1. The molecule has 0 aliphatic carbocycles. The molecule has 0 saturated heterocycles. The highest BCUT2D eigenvalue weighted by Gasteiger charge is 2.09. The Morgan fingerprint density at radius 1 is 1.35 bits per heavy atom. The number of carboxylic acid groups (broad SMARTS) is 1. The minimum Gasteiger partial charge on any atom is -0.478 e. The summed E-state index contributed by atoms with van der Waals surface area (Å²) in [7, 11) is -0.973. The van der Waals surface area contributed by atoms with Crippen LogP contribution in [-0.2, 0) is 15.6 Å².